The summed E-state index contributed by atoms with van der Waals surface area (Å²) in [6.45, 7) is 4.35. The van der Waals surface area contributed by atoms with Gasteiger partial charge in [0.2, 0.25) is 0 Å². The third-order valence-corrected chi connectivity index (χ3v) is 3.36. The average molecular weight is 294 g/mol. The summed E-state index contributed by atoms with van der Waals surface area (Å²) in [7, 11) is 0. The van der Waals surface area contributed by atoms with Crippen LogP contribution >= 0.6 is 11.6 Å². The molecule has 0 aromatic carbocycles. The monoisotopic (exact) mass is 293 g/mol. The van der Waals surface area contributed by atoms with Crippen molar-refractivity contribution < 1.29 is 13.2 Å². The molecule has 0 atom stereocenters. The van der Waals surface area contributed by atoms with Crippen LogP contribution in [0.5, 0.6) is 0 Å². The Balaban J connectivity index is 2.27. The Morgan fingerprint density at radius 2 is 2.16 bits per heavy atom. The molecule has 2 rings (SSSR count). The molecule has 2 heterocycles. The number of nitrogens with zero attached hydrogens (tertiary/aromatic N) is 2. The van der Waals surface area contributed by atoms with Crippen molar-refractivity contribution in [2.75, 3.05) is 24.5 Å². The number of hydrogen-bond donors (Lipinski definition) is 1. The first-order valence-corrected chi connectivity index (χ1v) is 6.51. The molecule has 0 unspecified atom stereocenters. The second-order valence-electron chi connectivity index (χ2n) is 4.53. The van der Waals surface area contributed by atoms with Crippen molar-refractivity contribution in [1.29, 1.82) is 0 Å². The maximum Gasteiger partial charge on any atom is 0.417 e. The molecule has 0 aliphatic carbocycles. The van der Waals surface area contributed by atoms with E-state index in [1.807, 2.05) is 11.8 Å². The summed E-state index contributed by atoms with van der Waals surface area (Å²) in [6, 6.07) is 1.19. The minimum absolute atomic E-state index is 0.0511. The lowest BCUT2D eigenvalue weighted by atomic mass is 10.1. The summed E-state index contributed by atoms with van der Waals surface area (Å²) < 4.78 is 37.7. The molecule has 0 saturated carbocycles. The maximum absolute atomic E-state index is 12.6. The van der Waals surface area contributed by atoms with Crippen molar-refractivity contribution in [2.45, 2.75) is 25.6 Å². The highest BCUT2D eigenvalue weighted by atomic mass is 35.5. The second-order valence-corrected chi connectivity index (χ2v) is 4.94. The van der Waals surface area contributed by atoms with Crippen LogP contribution in [-0.2, 0) is 6.18 Å². The molecule has 1 aliphatic rings. The molecule has 0 radical (unpaired) electrons. The minimum atomic E-state index is -4.41. The summed E-state index contributed by atoms with van der Waals surface area (Å²) in [5, 5.41) is 3.18. The number of anilines is 1. The molecule has 19 heavy (non-hydrogen) atoms. The van der Waals surface area contributed by atoms with Gasteiger partial charge in [-0.1, -0.05) is 18.5 Å². The van der Waals surface area contributed by atoms with Gasteiger partial charge in [0.1, 0.15) is 5.82 Å². The van der Waals surface area contributed by atoms with Crippen molar-refractivity contribution in [1.82, 2.24) is 10.3 Å². The Morgan fingerprint density at radius 3 is 2.58 bits per heavy atom. The molecule has 7 heteroatoms. The minimum Gasteiger partial charge on any atom is -0.350 e. The molecule has 1 aromatic heterocycles. The van der Waals surface area contributed by atoms with Crippen LogP contribution < -0.4 is 10.2 Å². The Kier molecular flexibility index (Phi) is 4.20. The zero-order valence-electron chi connectivity index (χ0n) is 10.5. The van der Waals surface area contributed by atoms with Crippen LogP contribution in [-0.4, -0.2) is 30.7 Å². The summed E-state index contributed by atoms with van der Waals surface area (Å²) in [5.41, 5.74) is -0.815. The lowest BCUT2D eigenvalue weighted by molar-refractivity contribution is -0.137. The largest absolute Gasteiger partial charge is 0.417 e. The lowest BCUT2D eigenvalue weighted by Crippen LogP contribution is -2.58. The second kappa shape index (κ2) is 5.54. The van der Waals surface area contributed by atoms with Crippen LogP contribution in [0, 0.1) is 0 Å². The Hall–Kier alpha value is -1.01. The van der Waals surface area contributed by atoms with E-state index in [9.17, 15) is 13.2 Å². The van der Waals surface area contributed by atoms with Crippen molar-refractivity contribution >= 4 is 17.4 Å². The van der Waals surface area contributed by atoms with Gasteiger partial charge in [-0.05, 0) is 12.5 Å². The molecule has 0 spiro atoms. The molecule has 0 amide bonds. The highest BCUT2D eigenvalue weighted by Gasteiger charge is 2.33. The van der Waals surface area contributed by atoms with E-state index in [2.05, 4.69) is 10.3 Å². The van der Waals surface area contributed by atoms with Gasteiger partial charge >= 0.3 is 6.18 Å². The first-order valence-electron chi connectivity index (χ1n) is 6.13. The topological polar surface area (TPSA) is 28.2 Å². The molecule has 106 valence electrons. The average Bonchev–Trinajstić information content (AvgIpc) is 2.24. The van der Waals surface area contributed by atoms with Gasteiger partial charge in [-0.2, -0.15) is 13.2 Å². The van der Waals surface area contributed by atoms with Gasteiger partial charge in [0.05, 0.1) is 16.6 Å². The standard InChI is InChI=1S/C12H15ClF3N3/c1-2-3-19(9-6-17-7-9)11-10(13)4-8(5-18-11)12(14,15)16/h4-5,9,17H,2-3,6-7H2,1H3. The number of halogens is 4. The summed E-state index contributed by atoms with van der Waals surface area (Å²) in [5.74, 6) is 0.433. The van der Waals surface area contributed by atoms with Gasteiger partial charge in [-0.15, -0.1) is 0 Å². The highest BCUT2D eigenvalue weighted by Crippen LogP contribution is 2.34. The van der Waals surface area contributed by atoms with E-state index in [-0.39, 0.29) is 11.1 Å². The number of pyridine rings is 1. The van der Waals surface area contributed by atoms with E-state index in [0.717, 1.165) is 38.3 Å². The van der Waals surface area contributed by atoms with E-state index in [0.29, 0.717) is 5.82 Å². The molecule has 1 N–H and O–H groups in total. The Morgan fingerprint density at radius 1 is 1.47 bits per heavy atom. The first kappa shape index (κ1) is 14.4. The van der Waals surface area contributed by atoms with E-state index < -0.39 is 11.7 Å². The molecule has 1 saturated heterocycles. The summed E-state index contributed by atoms with van der Waals surface area (Å²) in [4.78, 5) is 5.88. The van der Waals surface area contributed by atoms with E-state index in [1.54, 1.807) is 0 Å². The molecule has 3 nitrogen and oxygen atoms in total. The molecule has 1 aliphatic heterocycles. The third-order valence-electron chi connectivity index (χ3n) is 3.09. The lowest BCUT2D eigenvalue weighted by Gasteiger charge is -2.39. The fourth-order valence-corrected chi connectivity index (χ4v) is 2.27. The fraction of sp³-hybridized carbons (Fsp3) is 0.583. The fourth-order valence-electron chi connectivity index (χ4n) is 1.99. The van der Waals surface area contributed by atoms with Crippen LogP contribution in [0.25, 0.3) is 0 Å². The summed E-state index contributed by atoms with van der Waals surface area (Å²) in [6.07, 6.45) is -2.69. The van der Waals surface area contributed by atoms with Crippen LogP contribution in [0.4, 0.5) is 19.0 Å². The van der Waals surface area contributed by atoms with Gasteiger partial charge in [0, 0.05) is 25.8 Å². The SMILES string of the molecule is CCCN(c1ncc(C(F)(F)F)cc1Cl)C1CNC1. The smallest absolute Gasteiger partial charge is 0.350 e. The van der Waals surface area contributed by atoms with Gasteiger partial charge in [-0.25, -0.2) is 4.98 Å². The molecular weight excluding hydrogens is 279 g/mol. The number of hydrogen-bond acceptors (Lipinski definition) is 3. The molecule has 1 fully saturated rings. The third kappa shape index (κ3) is 3.12. The highest BCUT2D eigenvalue weighted by molar-refractivity contribution is 6.33. The first-order chi connectivity index (χ1) is 8.93. The van der Waals surface area contributed by atoms with E-state index in [4.69, 9.17) is 11.6 Å². The predicted octanol–water partition coefficient (Wildman–Crippen LogP) is 2.94. The molecule has 1 aromatic rings. The Bertz CT molecular complexity index is 446. The predicted molar refractivity (Wildman–Crippen MR) is 68.5 cm³/mol. The normalized spacial score (nSPS) is 16.3. The van der Waals surface area contributed by atoms with Gasteiger partial charge in [0.15, 0.2) is 0 Å². The van der Waals surface area contributed by atoms with E-state index in [1.165, 1.54) is 0 Å². The molecular formula is C12H15ClF3N3. The van der Waals surface area contributed by atoms with Gasteiger partial charge in [0.25, 0.3) is 0 Å². The number of alkyl halides is 3. The zero-order valence-corrected chi connectivity index (χ0v) is 11.2. The van der Waals surface area contributed by atoms with Crippen LogP contribution in [0.3, 0.4) is 0 Å². The maximum atomic E-state index is 12.6. The molecule has 0 bridgehead atoms. The van der Waals surface area contributed by atoms with Gasteiger partial charge in [-0.3, -0.25) is 0 Å². The van der Waals surface area contributed by atoms with Crippen molar-refractivity contribution in [2.24, 2.45) is 0 Å². The summed E-state index contributed by atoms with van der Waals surface area (Å²) >= 11 is 5.97. The van der Waals surface area contributed by atoms with Gasteiger partial charge < -0.3 is 10.2 Å². The van der Waals surface area contributed by atoms with Crippen LogP contribution in [0.2, 0.25) is 5.02 Å². The van der Waals surface area contributed by atoms with Crippen molar-refractivity contribution in [3.05, 3.63) is 22.8 Å². The quantitative estimate of drug-likeness (QED) is 0.925. The zero-order chi connectivity index (χ0) is 14.0. The number of nitrogens with one attached hydrogen (secondary N) is 1. The number of aromatic nitrogens is 1. The Labute approximate surface area is 114 Å². The van der Waals surface area contributed by atoms with E-state index >= 15 is 0 Å². The van der Waals surface area contributed by atoms with Crippen molar-refractivity contribution in [3.8, 4) is 0 Å². The number of rotatable bonds is 4. The van der Waals surface area contributed by atoms with Crippen LogP contribution in [0.1, 0.15) is 18.9 Å². The van der Waals surface area contributed by atoms with Crippen molar-refractivity contribution in [3.63, 3.8) is 0 Å². The van der Waals surface area contributed by atoms with Crippen LogP contribution in [0.15, 0.2) is 12.3 Å².